The van der Waals surface area contributed by atoms with Crippen molar-refractivity contribution < 1.29 is 4.42 Å². The van der Waals surface area contributed by atoms with Gasteiger partial charge in [-0.15, -0.1) is 0 Å². The Morgan fingerprint density at radius 3 is 2.88 bits per heavy atom. The number of nitrogens with one attached hydrogen (secondary N) is 1. The summed E-state index contributed by atoms with van der Waals surface area (Å²) in [5, 5.41) is 0. The second-order valence-corrected chi connectivity index (χ2v) is 3.72. The number of H-pyrrole nitrogens is 1. The summed E-state index contributed by atoms with van der Waals surface area (Å²) in [5.41, 5.74) is 8.46. The first-order chi connectivity index (χ1) is 8.22. The molecule has 84 valence electrons. The van der Waals surface area contributed by atoms with Crippen LogP contribution in [0, 0.1) is 0 Å². The van der Waals surface area contributed by atoms with E-state index < -0.39 is 0 Å². The van der Waals surface area contributed by atoms with Gasteiger partial charge in [0.2, 0.25) is 5.56 Å². The number of nitrogens with two attached hydrogens (primary N) is 1. The molecule has 5 nitrogen and oxygen atoms in total. The summed E-state index contributed by atoms with van der Waals surface area (Å²) < 4.78 is 5.21. The summed E-state index contributed by atoms with van der Waals surface area (Å²) in [4.78, 5) is 17.9. The van der Waals surface area contributed by atoms with Crippen molar-refractivity contribution in [2.45, 2.75) is 0 Å². The first-order valence-electron chi connectivity index (χ1n) is 5.06. The first kappa shape index (κ1) is 9.65. The number of benzene rings is 1. The molecule has 3 rings (SSSR count). The van der Waals surface area contributed by atoms with Crippen molar-refractivity contribution in [3.8, 4) is 11.1 Å². The predicted octanol–water partition coefficient (Wildman–Crippen LogP) is 1.77. The van der Waals surface area contributed by atoms with Crippen LogP contribution in [0.25, 0.3) is 22.2 Å². The number of hydrogen-bond acceptors (Lipinski definition) is 4. The number of nitrogens with zero attached hydrogens (tertiary/aromatic N) is 1. The minimum atomic E-state index is -0.224. The number of nitrogen functional groups attached to an aromatic ring is 1. The summed E-state index contributed by atoms with van der Waals surface area (Å²) in [5.74, 6) is 0.338. The highest BCUT2D eigenvalue weighted by Crippen LogP contribution is 2.23. The van der Waals surface area contributed by atoms with Crippen molar-refractivity contribution in [3.63, 3.8) is 0 Å². The number of aromatic nitrogens is 2. The second kappa shape index (κ2) is 3.48. The van der Waals surface area contributed by atoms with Crippen molar-refractivity contribution >= 4 is 16.9 Å². The molecule has 0 spiro atoms. The summed E-state index contributed by atoms with van der Waals surface area (Å²) >= 11 is 0. The van der Waals surface area contributed by atoms with Gasteiger partial charge in [0.25, 0.3) is 0 Å². The van der Waals surface area contributed by atoms with Crippen LogP contribution >= 0.6 is 0 Å². The number of pyridine rings is 1. The van der Waals surface area contributed by atoms with Gasteiger partial charge in [-0.05, 0) is 29.3 Å². The number of anilines is 1. The lowest BCUT2D eigenvalue weighted by Crippen LogP contribution is -2.07. The zero-order chi connectivity index (χ0) is 11.8. The molecule has 0 saturated heterocycles. The van der Waals surface area contributed by atoms with E-state index in [2.05, 4.69) is 9.97 Å². The molecule has 0 bridgehead atoms. The molecular weight excluding hydrogens is 218 g/mol. The smallest absolute Gasteiger partial charge is 0.250 e. The Morgan fingerprint density at radius 2 is 2.06 bits per heavy atom. The minimum absolute atomic E-state index is 0.224. The van der Waals surface area contributed by atoms with Gasteiger partial charge < -0.3 is 15.1 Å². The molecule has 0 aliphatic rings. The molecular formula is C12H9N3O2. The summed E-state index contributed by atoms with van der Waals surface area (Å²) in [6, 6.07) is 8.74. The Hall–Kier alpha value is -2.56. The Bertz CT molecular complexity index is 743. The Kier molecular flexibility index (Phi) is 1.98. The quantitative estimate of drug-likeness (QED) is 0.663. The lowest BCUT2D eigenvalue weighted by molar-refractivity contribution is 0.602. The zero-order valence-corrected chi connectivity index (χ0v) is 8.81. The summed E-state index contributed by atoms with van der Waals surface area (Å²) in [6.07, 6.45) is 1.39. The fraction of sp³-hybridized carbons (Fsp3) is 0. The van der Waals surface area contributed by atoms with Gasteiger partial charge in [-0.2, -0.15) is 0 Å². The third kappa shape index (κ3) is 1.67. The Balaban J connectivity index is 2.22. The molecule has 3 N–H and O–H groups in total. The Morgan fingerprint density at radius 1 is 1.18 bits per heavy atom. The van der Waals surface area contributed by atoms with Crippen molar-refractivity contribution in [2.24, 2.45) is 0 Å². The molecule has 2 heterocycles. The van der Waals surface area contributed by atoms with Crippen LogP contribution in [0.2, 0.25) is 0 Å². The standard InChI is InChI=1S/C12H9N3O2/c13-11-4-8(5-12(16)15-11)7-1-2-9-10(3-7)17-6-14-9/h1-6H,(H3,13,15,16). The number of aromatic amines is 1. The van der Waals surface area contributed by atoms with Crippen LogP contribution in [0.3, 0.4) is 0 Å². The fourth-order valence-corrected chi connectivity index (χ4v) is 1.77. The largest absolute Gasteiger partial charge is 0.443 e. The van der Waals surface area contributed by atoms with Crippen LogP contribution in [0.5, 0.6) is 0 Å². The molecule has 0 radical (unpaired) electrons. The number of rotatable bonds is 1. The van der Waals surface area contributed by atoms with Gasteiger partial charge in [0.15, 0.2) is 12.0 Å². The molecule has 0 saturated carbocycles. The molecule has 0 aliphatic heterocycles. The SMILES string of the molecule is Nc1cc(-c2ccc3ncoc3c2)cc(=O)[nH]1. The highest BCUT2D eigenvalue weighted by molar-refractivity contribution is 5.80. The highest BCUT2D eigenvalue weighted by Gasteiger charge is 2.04. The van der Waals surface area contributed by atoms with Crippen LogP contribution < -0.4 is 11.3 Å². The van der Waals surface area contributed by atoms with Gasteiger partial charge in [0.1, 0.15) is 11.3 Å². The second-order valence-electron chi connectivity index (χ2n) is 3.72. The average molecular weight is 227 g/mol. The molecule has 0 atom stereocenters. The van der Waals surface area contributed by atoms with Gasteiger partial charge in [-0.25, -0.2) is 4.98 Å². The molecule has 2 aromatic heterocycles. The monoisotopic (exact) mass is 227 g/mol. The van der Waals surface area contributed by atoms with Crippen molar-refractivity contribution in [2.75, 3.05) is 5.73 Å². The number of hydrogen-bond donors (Lipinski definition) is 2. The molecule has 0 unspecified atom stereocenters. The molecule has 3 aromatic rings. The van der Waals surface area contributed by atoms with E-state index in [1.165, 1.54) is 12.5 Å². The van der Waals surface area contributed by atoms with Crippen LogP contribution in [-0.2, 0) is 0 Å². The maximum Gasteiger partial charge on any atom is 0.250 e. The molecule has 17 heavy (non-hydrogen) atoms. The maximum atomic E-state index is 11.3. The van der Waals surface area contributed by atoms with E-state index in [1.807, 2.05) is 18.2 Å². The van der Waals surface area contributed by atoms with E-state index in [1.54, 1.807) is 6.07 Å². The van der Waals surface area contributed by atoms with Crippen LogP contribution in [0.1, 0.15) is 0 Å². The van der Waals surface area contributed by atoms with Gasteiger partial charge in [0, 0.05) is 6.07 Å². The van der Waals surface area contributed by atoms with Gasteiger partial charge >= 0.3 is 0 Å². The third-order valence-electron chi connectivity index (χ3n) is 2.53. The van der Waals surface area contributed by atoms with E-state index in [0.717, 1.165) is 16.6 Å². The van der Waals surface area contributed by atoms with E-state index in [0.29, 0.717) is 11.4 Å². The third-order valence-corrected chi connectivity index (χ3v) is 2.53. The van der Waals surface area contributed by atoms with Gasteiger partial charge in [0.05, 0.1) is 0 Å². The number of fused-ring (bicyclic) bond motifs is 1. The van der Waals surface area contributed by atoms with E-state index in [-0.39, 0.29) is 5.56 Å². The van der Waals surface area contributed by atoms with Gasteiger partial charge in [-0.3, -0.25) is 4.79 Å². The zero-order valence-electron chi connectivity index (χ0n) is 8.81. The fourth-order valence-electron chi connectivity index (χ4n) is 1.77. The summed E-state index contributed by atoms with van der Waals surface area (Å²) in [7, 11) is 0. The normalized spacial score (nSPS) is 10.8. The van der Waals surface area contributed by atoms with Crippen molar-refractivity contribution in [1.29, 1.82) is 0 Å². The van der Waals surface area contributed by atoms with Crippen LogP contribution in [0.4, 0.5) is 5.82 Å². The number of oxazole rings is 1. The molecule has 0 aliphatic carbocycles. The lowest BCUT2D eigenvalue weighted by atomic mass is 10.1. The maximum absolute atomic E-state index is 11.3. The Labute approximate surface area is 95.9 Å². The molecule has 5 heteroatoms. The van der Waals surface area contributed by atoms with Crippen molar-refractivity contribution in [3.05, 3.63) is 47.1 Å². The molecule has 0 fully saturated rings. The average Bonchev–Trinajstić information content (AvgIpc) is 2.74. The lowest BCUT2D eigenvalue weighted by Gasteiger charge is -2.01. The van der Waals surface area contributed by atoms with Crippen molar-refractivity contribution in [1.82, 2.24) is 9.97 Å². The van der Waals surface area contributed by atoms with E-state index in [4.69, 9.17) is 10.2 Å². The summed E-state index contributed by atoms with van der Waals surface area (Å²) in [6.45, 7) is 0. The molecule has 0 amide bonds. The van der Waals surface area contributed by atoms with E-state index in [9.17, 15) is 4.79 Å². The topological polar surface area (TPSA) is 84.9 Å². The predicted molar refractivity (Wildman–Crippen MR) is 64.5 cm³/mol. The van der Waals surface area contributed by atoms with Crippen LogP contribution in [0.15, 0.2) is 45.9 Å². The van der Waals surface area contributed by atoms with Gasteiger partial charge in [-0.1, -0.05) is 6.07 Å². The van der Waals surface area contributed by atoms with E-state index >= 15 is 0 Å². The van der Waals surface area contributed by atoms with Crippen LogP contribution in [-0.4, -0.2) is 9.97 Å². The minimum Gasteiger partial charge on any atom is -0.443 e. The highest BCUT2D eigenvalue weighted by atomic mass is 16.3. The first-order valence-corrected chi connectivity index (χ1v) is 5.06. The molecule has 1 aromatic carbocycles.